The number of rotatable bonds is 13. The van der Waals surface area contributed by atoms with E-state index in [2.05, 4.69) is 39.9 Å². The fourth-order valence-corrected chi connectivity index (χ4v) is 7.20. The van der Waals surface area contributed by atoms with Crippen LogP contribution >= 0.6 is 0 Å². The molecule has 6 atom stereocenters. The molecule has 0 spiro atoms. The summed E-state index contributed by atoms with van der Waals surface area (Å²) in [6.45, 7) is 13.3. The summed E-state index contributed by atoms with van der Waals surface area (Å²) in [4.78, 5) is 12.1. The van der Waals surface area contributed by atoms with Crippen LogP contribution in [0.25, 0.3) is 0 Å². The highest BCUT2D eigenvalue weighted by Gasteiger charge is 2.51. The van der Waals surface area contributed by atoms with Gasteiger partial charge in [0.05, 0.1) is 25.4 Å². The lowest BCUT2D eigenvalue weighted by Crippen LogP contribution is -2.45. The predicted molar refractivity (Wildman–Crippen MR) is 162 cm³/mol. The van der Waals surface area contributed by atoms with E-state index in [1.54, 1.807) is 0 Å². The number of hydrogen-bond donors (Lipinski definition) is 0. The summed E-state index contributed by atoms with van der Waals surface area (Å²) >= 11 is 0. The van der Waals surface area contributed by atoms with E-state index >= 15 is 0 Å². The summed E-state index contributed by atoms with van der Waals surface area (Å²) in [6, 6.07) is 9.85. The van der Waals surface area contributed by atoms with Crippen LogP contribution in [0.4, 0.5) is 0 Å². The Balaban J connectivity index is 1.61. The third kappa shape index (κ3) is 9.14. The molecule has 2 heterocycles. The Morgan fingerprint density at radius 2 is 1.66 bits per heavy atom. The number of carbonyl (C=O) groups excluding carboxylic acids is 1. The van der Waals surface area contributed by atoms with E-state index in [0.29, 0.717) is 32.5 Å². The number of hydrogen-bond acceptors (Lipinski definition) is 7. The fraction of sp³-hybridized carbons (Fsp3) is 0.727. The molecule has 1 aromatic rings. The first-order valence-corrected chi connectivity index (χ1v) is 18.6. The molecule has 3 fully saturated rings. The highest BCUT2D eigenvalue weighted by Crippen LogP contribution is 2.47. The van der Waals surface area contributed by atoms with Gasteiger partial charge in [0.15, 0.2) is 20.9 Å². The van der Waals surface area contributed by atoms with E-state index in [1.165, 1.54) is 0 Å². The number of para-hydroxylation sites is 1. The monoisotopic (exact) mass is 588 g/mol. The van der Waals surface area contributed by atoms with Crippen molar-refractivity contribution in [3.8, 4) is 5.75 Å². The molecule has 3 aliphatic rings. The van der Waals surface area contributed by atoms with Gasteiger partial charge >= 0.3 is 0 Å². The van der Waals surface area contributed by atoms with Crippen molar-refractivity contribution in [3.05, 3.63) is 42.2 Å². The second-order valence-electron chi connectivity index (χ2n) is 13.2. The van der Waals surface area contributed by atoms with Crippen LogP contribution in [0, 0.1) is 11.8 Å². The molecule has 2 saturated heterocycles. The SMILES string of the molecule is CC(C)(C)[Si](C)(C)O[C@@H]1CC(OC2CCCCO2)[C@H](/C(=C\CCOc2ccccc2)OC2CCCCO2)[C@@H]1CC=O. The van der Waals surface area contributed by atoms with Crippen molar-refractivity contribution in [2.45, 2.75) is 121 Å². The third-order valence-corrected chi connectivity index (χ3v) is 13.6. The first kappa shape index (κ1) is 32.2. The van der Waals surface area contributed by atoms with Gasteiger partial charge in [-0.2, -0.15) is 0 Å². The van der Waals surface area contributed by atoms with Crippen LogP contribution in [0.5, 0.6) is 5.75 Å². The molecule has 4 rings (SSSR count). The molecular formula is C33H52O7Si. The molecule has 0 aromatic heterocycles. The summed E-state index contributed by atoms with van der Waals surface area (Å²) < 4.78 is 38.5. The second-order valence-corrected chi connectivity index (χ2v) is 17.9. The number of ether oxygens (including phenoxy) is 5. The number of benzene rings is 1. The maximum absolute atomic E-state index is 12.1. The lowest BCUT2D eigenvalue weighted by atomic mass is 9.88. The Morgan fingerprint density at radius 3 is 2.27 bits per heavy atom. The van der Waals surface area contributed by atoms with Gasteiger partial charge in [0.2, 0.25) is 0 Å². The van der Waals surface area contributed by atoms with Crippen LogP contribution in [-0.2, 0) is 28.2 Å². The smallest absolute Gasteiger partial charge is 0.199 e. The number of aldehydes is 1. The molecule has 1 aromatic carbocycles. The van der Waals surface area contributed by atoms with Crippen LogP contribution in [0.1, 0.15) is 78.6 Å². The maximum Gasteiger partial charge on any atom is 0.199 e. The molecular weight excluding hydrogens is 536 g/mol. The highest BCUT2D eigenvalue weighted by molar-refractivity contribution is 6.74. The highest BCUT2D eigenvalue weighted by atomic mass is 28.4. The fourth-order valence-electron chi connectivity index (χ4n) is 5.82. The summed E-state index contributed by atoms with van der Waals surface area (Å²) in [5, 5.41) is 0.0551. The molecule has 0 radical (unpaired) electrons. The van der Waals surface area contributed by atoms with E-state index in [9.17, 15) is 4.79 Å². The van der Waals surface area contributed by atoms with E-state index in [0.717, 1.165) is 62.9 Å². The summed E-state index contributed by atoms with van der Waals surface area (Å²) in [5.41, 5.74) is 0. The van der Waals surface area contributed by atoms with E-state index in [4.69, 9.17) is 28.1 Å². The van der Waals surface area contributed by atoms with Gasteiger partial charge in [-0.3, -0.25) is 0 Å². The predicted octanol–water partition coefficient (Wildman–Crippen LogP) is 7.41. The molecule has 2 aliphatic heterocycles. The van der Waals surface area contributed by atoms with Crippen molar-refractivity contribution in [2.75, 3.05) is 19.8 Å². The van der Waals surface area contributed by atoms with Gasteiger partial charge in [0.25, 0.3) is 0 Å². The van der Waals surface area contributed by atoms with E-state index in [1.807, 2.05) is 30.3 Å². The minimum atomic E-state index is -2.11. The standard InChI is InChI=1S/C33H52O7Si/c1-33(2,3)41(4,5)40-28-24-29(39-31-18-10-12-22-37-31)32(26(28)19-20-34)27(38-30-17-9-11-21-36-30)16-13-23-35-25-14-7-6-8-15-25/h6-8,14-16,20,26,28-32H,9-13,17-19,21-24H2,1-5H3/b27-16+/t26-,28-,29?,30?,31?,32+/m1/s1. The normalized spacial score (nSPS) is 29.7. The number of carbonyl (C=O) groups is 1. The summed E-state index contributed by atoms with van der Waals surface area (Å²) in [6.07, 6.45) is 10.1. The van der Waals surface area contributed by atoms with Crippen LogP contribution in [0.3, 0.4) is 0 Å². The van der Waals surface area contributed by atoms with Crippen LogP contribution in [0.2, 0.25) is 18.1 Å². The molecule has 8 heteroatoms. The zero-order valence-electron chi connectivity index (χ0n) is 25.8. The summed E-state index contributed by atoms with van der Waals surface area (Å²) in [7, 11) is -2.11. The molecule has 3 unspecified atom stereocenters. The molecule has 1 saturated carbocycles. The van der Waals surface area contributed by atoms with E-state index in [-0.39, 0.29) is 41.7 Å². The average Bonchev–Trinajstić information content (AvgIpc) is 3.27. The summed E-state index contributed by atoms with van der Waals surface area (Å²) in [5.74, 6) is 1.49. The van der Waals surface area contributed by atoms with Gasteiger partial charge in [-0.05, 0) is 74.9 Å². The van der Waals surface area contributed by atoms with Gasteiger partial charge in [-0.1, -0.05) is 39.0 Å². The lowest BCUT2D eigenvalue weighted by Gasteiger charge is -2.40. The average molecular weight is 589 g/mol. The van der Waals surface area contributed by atoms with Crippen molar-refractivity contribution < 1.29 is 32.9 Å². The van der Waals surface area contributed by atoms with Crippen molar-refractivity contribution in [3.63, 3.8) is 0 Å². The van der Waals surface area contributed by atoms with Crippen LogP contribution in [0.15, 0.2) is 42.2 Å². The molecule has 0 N–H and O–H groups in total. The molecule has 0 amide bonds. The molecule has 41 heavy (non-hydrogen) atoms. The quantitative estimate of drug-likeness (QED) is 0.103. The largest absolute Gasteiger partial charge is 0.493 e. The Hall–Kier alpha value is -1.71. The Kier molecular flexibility index (Phi) is 11.9. The van der Waals surface area contributed by atoms with E-state index < -0.39 is 8.32 Å². The molecule has 0 bridgehead atoms. The van der Waals surface area contributed by atoms with Crippen LogP contribution < -0.4 is 4.74 Å². The zero-order valence-corrected chi connectivity index (χ0v) is 26.8. The Bertz CT molecular complexity index is 948. The molecule has 7 nitrogen and oxygen atoms in total. The second kappa shape index (κ2) is 15.1. The van der Waals surface area contributed by atoms with Crippen LogP contribution in [-0.4, -0.2) is 59.2 Å². The van der Waals surface area contributed by atoms with Crippen molar-refractivity contribution in [2.24, 2.45) is 11.8 Å². The maximum atomic E-state index is 12.1. The minimum Gasteiger partial charge on any atom is -0.493 e. The zero-order chi connectivity index (χ0) is 29.3. The van der Waals surface area contributed by atoms with Gasteiger partial charge in [0, 0.05) is 37.7 Å². The molecule has 1 aliphatic carbocycles. The Labute approximate surface area is 248 Å². The first-order chi connectivity index (χ1) is 19.7. The first-order valence-electron chi connectivity index (χ1n) is 15.7. The minimum absolute atomic E-state index is 0.0551. The third-order valence-electron chi connectivity index (χ3n) is 9.10. The lowest BCUT2D eigenvalue weighted by molar-refractivity contribution is -0.201. The molecule has 230 valence electrons. The van der Waals surface area contributed by atoms with Gasteiger partial charge in [-0.25, -0.2) is 0 Å². The van der Waals surface area contributed by atoms with Crippen molar-refractivity contribution >= 4 is 14.6 Å². The van der Waals surface area contributed by atoms with Crippen molar-refractivity contribution in [1.82, 2.24) is 0 Å². The van der Waals surface area contributed by atoms with Crippen molar-refractivity contribution in [1.29, 1.82) is 0 Å². The Morgan fingerprint density at radius 1 is 0.976 bits per heavy atom. The topological polar surface area (TPSA) is 72.5 Å². The van der Waals surface area contributed by atoms with Gasteiger partial charge < -0.3 is 32.9 Å². The van der Waals surface area contributed by atoms with Gasteiger partial charge in [0.1, 0.15) is 17.8 Å². The van der Waals surface area contributed by atoms with Gasteiger partial charge in [-0.15, -0.1) is 0 Å².